The molecule has 2 rings (SSSR count). The van der Waals surface area contributed by atoms with E-state index in [1.54, 1.807) is 29.2 Å². The largest absolute Gasteiger partial charge is 0.482 e. The molecule has 0 bridgehead atoms. The maximum atomic E-state index is 13.2. The number of para-hydroxylation sites is 1. The van der Waals surface area contributed by atoms with Crippen molar-refractivity contribution in [3.05, 3.63) is 64.7 Å². The topological polar surface area (TPSA) is 58.6 Å². The summed E-state index contributed by atoms with van der Waals surface area (Å²) in [5.74, 6) is -0.00806. The predicted octanol–water partition coefficient (Wildman–Crippen LogP) is 4.75. The van der Waals surface area contributed by atoms with Crippen LogP contribution in [0.1, 0.15) is 45.2 Å². The molecule has 2 amide bonds. The van der Waals surface area contributed by atoms with Gasteiger partial charge >= 0.3 is 0 Å². The smallest absolute Gasteiger partial charge is 0.261 e. The summed E-state index contributed by atoms with van der Waals surface area (Å²) in [5.41, 5.74) is 1.67. The van der Waals surface area contributed by atoms with Gasteiger partial charge < -0.3 is 15.0 Å². The van der Waals surface area contributed by atoms with Gasteiger partial charge in [-0.15, -0.1) is 0 Å². The second-order valence-electron chi connectivity index (χ2n) is 8.39. The number of hydrogen-bond acceptors (Lipinski definition) is 3. The summed E-state index contributed by atoms with van der Waals surface area (Å²) in [6.45, 7) is 9.79. The van der Waals surface area contributed by atoms with E-state index in [9.17, 15) is 9.59 Å². The number of hydrogen-bond donors (Lipinski definition) is 1. The van der Waals surface area contributed by atoms with Crippen molar-refractivity contribution in [3.63, 3.8) is 0 Å². The maximum Gasteiger partial charge on any atom is 0.261 e. The molecule has 5 nitrogen and oxygen atoms in total. The average molecular weight is 431 g/mol. The molecule has 0 aliphatic rings. The van der Waals surface area contributed by atoms with Gasteiger partial charge in [-0.2, -0.15) is 0 Å². The highest BCUT2D eigenvalue weighted by atomic mass is 35.5. The van der Waals surface area contributed by atoms with Gasteiger partial charge in [0.2, 0.25) is 5.91 Å². The first-order valence-corrected chi connectivity index (χ1v) is 10.5. The van der Waals surface area contributed by atoms with Gasteiger partial charge in [0, 0.05) is 12.1 Å². The molecule has 0 heterocycles. The number of halogens is 1. The minimum absolute atomic E-state index is 0.177. The third-order valence-corrected chi connectivity index (χ3v) is 4.82. The van der Waals surface area contributed by atoms with Crippen LogP contribution in [0.3, 0.4) is 0 Å². The number of aryl methyl sites for hydroxylation is 1. The number of benzene rings is 2. The van der Waals surface area contributed by atoms with E-state index in [0.717, 1.165) is 11.1 Å². The molecular weight excluding hydrogens is 400 g/mol. The quantitative estimate of drug-likeness (QED) is 0.657. The summed E-state index contributed by atoms with van der Waals surface area (Å²) in [6.07, 6.45) is 0.492. The minimum atomic E-state index is -0.605. The Morgan fingerprint density at radius 1 is 1.13 bits per heavy atom. The lowest BCUT2D eigenvalue weighted by Gasteiger charge is -2.33. The van der Waals surface area contributed by atoms with E-state index in [1.807, 2.05) is 58.9 Å². The van der Waals surface area contributed by atoms with Gasteiger partial charge in [-0.1, -0.05) is 60.5 Å². The molecule has 2 aromatic rings. The van der Waals surface area contributed by atoms with Crippen LogP contribution in [-0.4, -0.2) is 34.9 Å². The molecule has 6 heteroatoms. The maximum absolute atomic E-state index is 13.2. The predicted molar refractivity (Wildman–Crippen MR) is 121 cm³/mol. The normalized spacial score (nSPS) is 12.2. The van der Waals surface area contributed by atoms with E-state index in [-0.39, 0.29) is 18.4 Å². The highest BCUT2D eigenvalue weighted by molar-refractivity contribution is 6.32. The molecule has 0 saturated heterocycles. The Morgan fingerprint density at radius 2 is 1.83 bits per heavy atom. The molecule has 1 atom stereocenters. The number of rotatable bonds is 8. The van der Waals surface area contributed by atoms with Gasteiger partial charge in [-0.25, -0.2) is 0 Å². The fourth-order valence-corrected chi connectivity index (χ4v) is 3.35. The van der Waals surface area contributed by atoms with Crippen LogP contribution in [0.15, 0.2) is 48.5 Å². The van der Waals surface area contributed by atoms with Crippen molar-refractivity contribution in [1.82, 2.24) is 10.2 Å². The second kappa shape index (κ2) is 10.5. The molecule has 1 N–H and O–H groups in total. The van der Waals surface area contributed by atoms with Crippen LogP contribution in [0.25, 0.3) is 0 Å². The van der Waals surface area contributed by atoms with E-state index >= 15 is 0 Å². The zero-order chi connectivity index (χ0) is 22.3. The highest BCUT2D eigenvalue weighted by Crippen LogP contribution is 2.23. The van der Waals surface area contributed by atoms with Gasteiger partial charge in [0.05, 0.1) is 5.02 Å². The average Bonchev–Trinajstić information content (AvgIpc) is 2.65. The van der Waals surface area contributed by atoms with E-state index in [0.29, 0.717) is 23.7 Å². The Morgan fingerprint density at radius 3 is 2.43 bits per heavy atom. The number of carbonyl (C=O) groups excluding carboxylic acids is 2. The molecule has 0 radical (unpaired) electrons. The van der Waals surface area contributed by atoms with Crippen molar-refractivity contribution in [3.8, 4) is 5.75 Å². The summed E-state index contributed by atoms with van der Waals surface area (Å²) in [6, 6.07) is 14.3. The van der Waals surface area contributed by atoms with Crippen molar-refractivity contribution in [2.24, 2.45) is 0 Å². The van der Waals surface area contributed by atoms with E-state index in [4.69, 9.17) is 16.3 Å². The summed E-state index contributed by atoms with van der Waals surface area (Å²) in [5, 5.41) is 3.43. The van der Waals surface area contributed by atoms with E-state index in [1.165, 1.54) is 0 Å². The van der Waals surface area contributed by atoms with Crippen LogP contribution >= 0.6 is 11.6 Å². The van der Waals surface area contributed by atoms with Crippen LogP contribution < -0.4 is 10.1 Å². The van der Waals surface area contributed by atoms with Gasteiger partial charge in [0.15, 0.2) is 6.61 Å². The molecule has 0 saturated carbocycles. The summed E-state index contributed by atoms with van der Waals surface area (Å²) < 4.78 is 5.66. The zero-order valence-electron chi connectivity index (χ0n) is 18.4. The Hall–Kier alpha value is -2.53. The molecule has 0 aliphatic heterocycles. The van der Waals surface area contributed by atoms with Crippen LogP contribution in [-0.2, 0) is 16.1 Å². The first-order chi connectivity index (χ1) is 14.1. The fraction of sp³-hybridized carbons (Fsp3) is 0.417. The van der Waals surface area contributed by atoms with Crippen LogP contribution in [0, 0.1) is 6.92 Å². The van der Waals surface area contributed by atoms with E-state index in [2.05, 4.69) is 5.32 Å². The Bertz CT molecular complexity index is 877. The molecular formula is C24H31ClN2O3. The van der Waals surface area contributed by atoms with Crippen molar-refractivity contribution in [2.75, 3.05) is 6.61 Å². The molecule has 0 spiro atoms. The summed E-state index contributed by atoms with van der Waals surface area (Å²) >= 11 is 6.13. The second-order valence-corrected chi connectivity index (χ2v) is 8.80. The SMILES string of the molecule is CC[C@H](C(=O)NC(C)(C)C)N(Cc1cccc(C)c1)C(=O)COc1ccccc1Cl. The number of nitrogens with zero attached hydrogens (tertiary/aromatic N) is 1. The minimum Gasteiger partial charge on any atom is -0.482 e. The fourth-order valence-electron chi connectivity index (χ4n) is 3.16. The number of carbonyl (C=O) groups is 2. The number of amides is 2. The number of nitrogens with one attached hydrogen (secondary N) is 1. The molecule has 30 heavy (non-hydrogen) atoms. The monoisotopic (exact) mass is 430 g/mol. The Kier molecular flexibility index (Phi) is 8.30. The summed E-state index contributed by atoms with van der Waals surface area (Å²) in [4.78, 5) is 27.7. The van der Waals surface area contributed by atoms with Crippen LogP contribution in [0.2, 0.25) is 5.02 Å². The summed E-state index contributed by atoms with van der Waals surface area (Å²) in [7, 11) is 0. The molecule has 0 aliphatic carbocycles. The lowest BCUT2D eigenvalue weighted by Crippen LogP contribution is -2.54. The Labute approximate surface area is 184 Å². The van der Waals surface area contributed by atoms with Crippen molar-refractivity contribution >= 4 is 23.4 Å². The third-order valence-electron chi connectivity index (χ3n) is 4.51. The first-order valence-electron chi connectivity index (χ1n) is 10.1. The lowest BCUT2D eigenvalue weighted by molar-refractivity contribution is -0.143. The van der Waals surface area contributed by atoms with Crippen LogP contribution in [0.4, 0.5) is 0 Å². The van der Waals surface area contributed by atoms with Gasteiger partial charge in [-0.3, -0.25) is 9.59 Å². The first kappa shape index (κ1) is 23.7. The van der Waals surface area contributed by atoms with Crippen molar-refractivity contribution < 1.29 is 14.3 Å². The third kappa shape index (κ3) is 7.06. The lowest BCUT2D eigenvalue weighted by atomic mass is 10.1. The zero-order valence-corrected chi connectivity index (χ0v) is 19.1. The van der Waals surface area contributed by atoms with Gasteiger partial charge in [0.25, 0.3) is 5.91 Å². The highest BCUT2D eigenvalue weighted by Gasteiger charge is 2.31. The standard InChI is InChI=1S/C24H31ClN2O3/c1-6-20(23(29)26-24(3,4)5)27(15-18-11-9-10-17(2)14-18)22(28)16-30-21-13-8-7-12-19(21)25/h7-14,20H,6,15-16H2,1-5H3,(H,26,29)/t20-/m1/s1. The van der Waals surface area contributed by atoms with Crippen molar-refractivity contribution in [1.29, 1.82) is 0 Å². The van der Waals surface area contributed by atoms with Gasteiger partial charge in [-0.05, 0) is 51.8 Å². The molecule has 0 unspecified atom stereocenters. The number of ether oxygens (including phenoxy) is 1. The molecule has 162 valence electrons. The Balaban J connectivity index is 2.25. The molecule has 0 fully saturated rings. The van der Waals surface area contributed by atoms with Crippen molar-refractivity contribution in [2.45, 2.75) is 59.2 Å². The van der Waals surface area contributed by atoms with Crippen LogP contribution in [0.5, 0.6) is 5.75 Å². The van der Waals surface area contributed by atoms with E-state index < -0.39 is 11.6 Å². The van der Waals surface area contributed by atoms with Gasteiger partial charge in [0.1, 0.15) is 11.8 Å². The molecule has 2 aromatic carbocycles. The molecule has 0 aromatic heterocycles.